The number of benzene rings is 2. The molecule has 0 spiro atoms. The van der Waals surface area contributed by atoms with Gasteiger partial charge in [-0.15, -0.1) is 0 Å². The number of carboxylic acids is 1. The van der Waals surface area contributed by atoms with Crippen molar-refractivity contribution in [2.24, 2.45) is 11.7 Å². The molecule has 2 aliphatic rings. The smallest absolute Gasteiger partial charge is 0.308 e. The van der Waals surface area contributed by atoms with E-state index in [4.69, 9.17) is 14.9 Å². The Hall–Kier alpha value is -3.69. The Kier molecular flexibility index (Phi) is 9.05. The van der Waals surface area contributed by atoms with Gasteiger partial charge in [-0.05, 0) is 54.7 Å². The van der Waals surface area contributed by atoms with Gasteiger partial charge >= 0.3 is 5.97 Å². The van der Waals surface area contributed by atoms with Gasteiger partial charge in [-0.25, -0.2) is 4.98 Å². The van der Waals surface area contributed by atoms with E-state index in [1.807, 2.05) is 48.2 Å². The van der Waals surface area contributed by atoms with E-state index in [0.717, 1.165) is 53.1 Å². The van der Waals surface area contributed by atoms with Crippen LogP contribution in [0.2, 0.25) is 0 Å². The second-order valence-corrected chi connectivity index (χ2v) is 11.1. The second-order valence-electron chi connectivity index (χ2n) is 11.1. The Morgan fingerprint density at radius 3 is 2.80 bits per heavy atom. The van der Waals surface area contributed by atoms with Crippen LogP contribution < -0.4 is 15.4 Å². The van der Waals surface area contributed by atoms with Gasteiger partial charge in [-0.2, -0.15) is 0 Å². The summed E-state index contributed by atoms with van der Waals surface area (Å²) in [5.74, 6) is 0.339. The molecule has 0 bridgehead atoms. The maximum atomic E-state index is 14.0. The lowest BCUT2D eigenvalue weighted by atomic mass is 9.83. The summed E-state index contributed by atoms with van der Waals surface area (Å²) >= 11 is 0. The number of unbranched alkanes of at least 4 members (excludes halogenated alkanes) is 1. The van der Waals surface area contributed by atoms with Crippen molar-refractivity contribution in [2.75, 3.05) is 31.1 Å². The van der Waals surface area contributed by atoms with Crippen molar-refractivity contribution in [2.45, 2.75) is 64.5 Å². The Morgan fingerprint density at radius 1 is 1.22 bits per heavy atom. The largest absolute Gasteiger partial charge is 0.493 e. The van der Waals surface area contributed by atoms with E-state index < -0.39 is 11.9 Å². The number of fused-ring (bicyclic) bond motifs is 1. The van der Waals surface area contributed by atoms with Gasteiger partial charge in [0.2, 0.25) is 5.91 Å². The van der Waals surface area contributed by atoms with Crippen LogP contribution in [0.4, 0.5) is 5.69 Å². The summed E-state index contributed by atoms with van der Waals surface area (Å²) in [6.07, 6.45) is 5.33. The average molecular weight is 561 g/mol. The number of amides is 1. The first kappa shape index (κ1) is 28.8. The number of carbonyl (C=O) groups excluding carboxylic acids is 1. The number of aromatic nitrogens is 1. The van der Waals surface area contributed by atoms with Crippen LogP contribution in [0.1, 0.15) is 60.4 Å². The first-order chi connectivity index (χ1) is 19.9. The molecule has 9 heteroatoms. The van der Waals surface area contributed by atoms with E-state index >= 15 is 0 Å². The number of carbonyl (C=O) groups is 2. The average Bonchev–Trinajstić information content (AvgIpc) is 3.70. The summed E-state index contributed by atoms with van der Waals surface area (Å²) in [5.41, 5.74) is 9.76. The molecule has 218 valence electrons. The molecule has 3 heterocycles. The van der Waals surface area contributed by atoms with Gasteiger partial charge < -0.3 is 24.9 Å². The predicted octanol–water partition coefficient (Wildman–Crippen LogP) is 4.31. The Bertz CT molecular complexity index is 1370. The number of hydrogen-bond donors (Lipinski definition) is 2. The van der Waals surface area contributed by atoms with E-state index in [1.165, 1.54) is 0 Å². The van der Waals surface area contributed by atoms with Crippen LogP contribution in [-0.4, -0.2) is 59.1 Å². The second kappa shape index (κ2) is 12.9. The number of rotatable bonds is 12. The van der Waals surface area contributed by atoms with Gasteiger partial charge in [0, 0.05) is 50.1 Å². The quantitative estimate of drug-likeness (QED) is 0.336. The summed E-state index contributed by atoms with van der Waals surface area (Å²) in [7, 11) is 0. The molecule has 5 rings (SSSR count). The molecule has 0 saturated carbocycles. The Balaban J connectivity index is 1.44. The van der Waals surface area contributed by atoms with Gasteiger partial charge in [0.15, 0.2) is 5.89 Å². The number of anilines is 1. The summed E-state index contributed by atoms with van der Waals surface area (Å²) < 4.78 is 11.4. The number of nitrogens with zero attached hydrogens (tertiary/aromatic N) is 3. The zero-order chi connectivity index (χ0) is 28.9. The predicted molar refractivity (Wildman–Crippen MR) is 156 cm³/mol. The van der Waals surface area contributed by atoms with Gasteiger partial charge in [-0.1, -0.05) is 37.6 Å². The zero-order valence-electron chi connectivity index (χ0n) is 23.9. The molecule has 0 aliphatic carbocycles. The lowest BCUT2D eigenvalue weighted by Gasteiger charge is -2.30. The fraction of sp³-hybridized carbons (Fsp3) is 0.469. The van der Waals surface area contributed by atoms with Crippen molar-refractivity contribution in [3.05, 3.63) is 77.0 Å². The van der Waals surface area contributed by atoms with Gasteiger partial charge in [0.25, 0.3) is 0 Å². The zero-order valence-corrected chi connectivity index (χ0v) is 23.9. The number of likely N-dealkylation sites (tertiary alicyclic amines) is 1. The molecule has 3 N–H and O–H groups in total. The SMILES string of the molecule is CCCCN(C(=O)CN1C[C@H](c2ccc3c(c2)CCO3)C(C(=O)O)[C@@H]1CCc1ncc(C)o1)c1cccc(CN)c1. The topological polar surface area (TPSA) is 122 Å². The molecule has 1 aromatic heterocycles. The molecule has 1 amide bonds. The third kappa shape index (κ3) is 6.47. The minimum absolute atomic E-state index is 0.0447. The van der Waals surface area contributed by atoms with Crippen LogP contribution in [0.3, 0.4) is 0 Å². The van der Waals surface area contributed by atoms with Gasteiger partial charge in [0.1, 0.15) is 11.5 Å². The Morgan fingerprint density at radius 2 is 2.07 bits per heavy atom. The van der Waals surface area contributed by atoms with Crippen LogP contribution in [-0.2, 0) is 29.0 Å². The molecule has 3 aromatic rings. The first-order valence-electron chi connectivity index (χ1n) is 14.6. The van der Waals surface area contributed by atoms with Crippen molar-refractivity contribution < 1.29 is 23.8 Å². The third-order valence-electron chi connectivity index (χ3n) is 8.33. The lowest BCUT2D eigenvalue weighted by Crippen LogP contribution is -2.44. The third-order valence-corrected chi connectivity index (χ3v) is 8.33. The summed E-state index contributed by atoms with van der Waals surface area (Å²) in [6.45, 7) is 6.17. The number of aliphatic carboxylic acids is 1. The van der Waals surface area contributed by atoms with E-state index in [2.05, 4.69) is 22.9 Å². The van der Waals surface area contributed by atoms with Crippen molar-refractivity contribution >= 4 is 17.6 Å². The number of nitrogens with two attached hydrogens (primary N) is 1. The van der Waals surface area contributed by atoms with Crippen LogP contribution >= 0.6 is 0 Å². The van der Waals surface area contributed by atoms with E-state index in [9.17, 15) is 14.7 Å². The molecule has 2 aliphatic heterocycles. The molecule has 2 aromatic carbocycles. The molecule has 3 atom stereocenters. The number of ether oxygens (including phenoxy) is 1. The van der Waals surface area contributed by atoms with Crippen molar-refractivity contribution in [3.8, 4) is 5.75 Å². The normalized spacial score (nSPS) is 20.1. The first-order valence-corrected chi connectivity index (χ1v) is 14.6. The van der Waals surface area contributed by atoms with Crippen molar-refractivity contribution in [1.82, 2.24) is 9.88 Å². The van der Waals surface area contributed by atoms with Crippen molar-refractivity contribution in [3.63, 3.8) is 0 Å². The fourth-order valence-electron chi connectivity index (χ4n) is 6.24. The van der Waals surface area contributed by atoms with Gasteiger partial charge in [0.05, 0.1) is 25.3 Å². The monoisotopic (exact) mass is 560 g/mol. The highest BCUT2D eigenvalue weighted by Gasteiger charge is 2.47. The molecule has 1 fully saturated rings. The molecule has 9 nitrogen and oxygen atoms in total. The van der Waals surface area contributed by atoms with Crippen LogP contribution in [0.5, 0.6) is 5.75 Å². The highest BCUT2D eigenvalue weighted by molar-refractivity contribution is 5.95. The highest BCUT2D eigenvalue weighted by Crippen LogP contribution is 2.41. The van der Waals surface area contributed by atoms with Crippen LogP contribution in [0.25, 0.3) is 0 Å². The van der Waals surface area contributed by atoms with E-state index in [-0.39, 0.29) is 24.4 Å². The van der Waals surface area contributed by atoms with Crippen molar-refractivity contribution in [1.29, 1.82) is 0 Å². The molecular weight excluding hydrogens is 520 g/mol. The minimum atomic E-state index is -0.853. The fourth-order valence-corrected chi connectivity index (χ4v) is 6.24. The molecule has 1 saturated heterocycles. The van der Waals surface area contributed by atoms with E-state index in [1.54, 1.807) is 6.20 Å². The van der Waals surface area contributed by atoms with Crippen LogP contribution in [0, 0.1) is 12.8 Å². The summed E-state index contributed by atoms with van der Waals surface area (Å²) in [6, 6.07) is 13.5. The number of aryl methyl sites for hydroxylation is 2. The Labute approximate surface area is 241 Å². The van der Waals surface area contributed by atoms with E-state index in [0.29, 0.717) is 45.0 Å². The standard InChI is InChI=1S/C32H40N4O5/c1-3-4-13-36(25-7-5-6-22(15-25)17-33)30(37)20-35-19-26(23-8-10-28-24(16-23)12-14-40-28)31(32(38)39)27(35)9-11-29-34-18-21(2)41-29/h5-8,10,15-16,18,26-27,31H,3-4,9,11-14,17,19-20,33H2,1-2H3,(H,38,39)/t26-,27+,31?/m1/s1. The minimum Gasteiger partial charge on any atom is -0.493 e. The molecular formula is C32H40N4O5. The number of carboxylic acid groups (broad SMARTS) is 1. The van der Waals surface area contributed by atoms with Gasteiger partial charge in [-0.3, -0.25) is 14.5 Å². The number of oxazole rings is 1. The maximum Gasteiger partial charge on any atom is 0.308 e. The molecule has 1 unspecified atom stereocenters. The summed E-state index contributed by atoms with van der Waals surface area (Å²) in [5, 5.41) is 10.5. The summed E-state index contributed by atoms with van der Waals surface area (Å²) in [4.78, 5) is 35.0. The molecule has 41 heavy (non-hydrogen) atoms. The molecule has 0 radical (unpaired) electrons. The highest BCUT2D eigenvalue weighted by atomic mass is 16.5. The lowest BCUT2D eigenvalue weighted by molar-refractivity contribution is -0.143. The number of hydrogen-bond acceptors (Lipinski definition) is 7. The maximum absolute atomic E-state index is 14.0. The van der Waals surface area contributed by atoms with Crippen LogP contribution in [0.15, 0.2) is 53.1 Å².